The number of aliphatic hydroxyl groups excluding tert-OH is 1. The van der Waals surface area contributed by atoms with Gasteiger partial charge in [-0.1, -0.05) is 48.5 Å². The van der Waals surface area contributed by atoms with E-state index in [9.17, 15) is 18.0 Å². The molecule has 4 nitrogen and oxygen atoms in total. The van der Waals surface area contributed by atoms with Crippen molar-refractivity contribution in [1.29, 1.82) is 0 Å². The number of aromatic carboxylic acids is 1. The van der Waals surface area contributed by atoms with Crippen molar-refractivity contribution in [2.75, 3.05) is 13.2 Å². The summed E-state index contributed by atoms with van der Waals surface area (Å²) in [5.74, 6) is -0.884. The van der Waals surface area contributed by atoms with E-state index in [4.69, 9.17) is 10.2 Å². The van der Waals surface area contributed by atoms with Crippen molar-refractivity contribution < 1.29 is 28.2 Å². The van der Waals surface area contributed by atoms with Crippen molar-refractivity contribution in [3.63, 3.8) is 0 Å². The summed E-state index contributed by atoms with van der Waals surface area (Å²) in [6, 6.07) is 18.2. The second-order valence-corrected chi connectivity index (χ2v) is 6.85. The lowest BCUT2D eigenvalue weighted by Crippen LogP contribution is -2.30. The van der Waals surface area contributed by atoms with Gasteiger partial charge in [-0.2, -0.15) is 13.2 Å². The number of halogens is 3. The zero-order valence-electron chi connectivity index (χ0n) is 16.5. The largest absolute Gasteiger partial charge is 0.478 e. The molecule has 0 bridgehead atoms. The smallest absolute Gasteiger partial charge is 0.416 e. The highest BCUT2D eigenvalue weighted by atomic mass is 19.4. The second kappa shape index (κ2) is 10.8. The Morgan fingerprint density at radius 3 is 2.33 bits per heavy atom. The molecule has 0 aliphatic carbocycles. The van der Waals surface area contributed by atoms with E-state index in [0.717, 1.165) is 22.9 Å². The third-order valence-corrected chi connectivity index (χ3v) is 4.40. The average Bonchev–Trinajstić information content (AvgIpc) is 2.72. The molecule has 3 aromatic carbocycles. The summed E-state index contributed by atoms with van der Waals surface area (Å²) < 4.78 is 37.4. The molecule has 0 aliphatic heterocycles. The molecule has 160 valence electrons. The zero-order valence-corrected chi connectivity index (χ0v) is 16.5. The van der Waals surface area contributed by atoms with Crippen LogP contribution in [0.15, 0.2) is 66.7 Å². The molecule has 0 saturated heterocycles. The van der Waals surface area contributed by atoms with Crippen LogP contribution in [0.1, 0.15) is 28.4 Å². The molecular formula is C23H24F3NO3. The van der Waals surface area contributed by atoms with Crippen molar-refractivity contribution in [1.82, 2.24) is 5.32 Å². The molecule has 3 rings (SSSR count). The van der Waals surface area contributed by atoms with Crippen molar-refractivity contribution in [2.24, 2.45) is 0 Å². The number of rotatable bonds is 6. The van der Waals surface area contributed by atoms with Gasteiger partial charge in [0, 0.05) is 12.6 Å². The SMILES string of the molecule is CC(Cc1cccc(C(F)(F)F)c1)NCCO.O=C(O)c1ccc2ccccc2c1. The molecule has 0 heterocycles. The number of hydrogen-bond acceptors (Lipinski definition) is 3. The highest BCUT2D eigenvalue weighted by Crippen LogP contribution is 2.29. The van der Waals surface area contributed by atoms with Crippen LogP contribution in [0.25, 0.3) is 10.8 Å². The van der Waals surface area contributed by atoms with Crippen LogP contribution in [-0.4, -0.2) is 35.4 Å². The fourth-order valence-corrected chi connectivity index (χ4v) is 2.93. The van der Waals surface area contributed by atoms with E-state index in [2.05, 4.69) is 5.32 Å². The van der Waals surface area contributed by atoms with Crippen molar-refractivity contribution in [3.8, 4) is 0 Å². The lowest BCUT2D eigenvalue weighted by atomic mass is 10.0. The highest BCUT2D eigenvalue weighted by molar-refractivity contribution is 5.94. The lowest BCUT2D eigenvalue weighted by Gasteiger charge is -2.14. The number of alkyl halides is 3. The maximum absolute atomic E-state index is 12.5. The minimum Gasteiger partial charge on any atom is -0.478 e. The van der Waals surface area contributed by atoms with Crippen LogP contribution < -0.4 is 5.32 Å². The minimum absolute atomic E-state index is 0.0208. The Kier molecular flexibility index (Phi) is 8.38. The van der Waals surface area contributed by atoms with Gasteiger partial charge in [-0.3, -0.25) is 0 Å². The Bertz CT molecular complexity index is 973. The summed E-state index contributed by atoms with van der Waals surface area (Å²) in [5.41, 5.74) is 0.348. The Morgan fingerprint density at radius 2 is 1.70 bits per heavy atom. The maximum atomic E-state index is 12.5. The van der Waals surface area contributed by atoms with Crippen LogP contribution in [0.4, 0.5) is 13.2 Å². The molecule has 7 heteroatoms. The van der Waals surface area contributed by atoms with Gasteiger partial charge in [0.2, 0.25) is 0 Å². The molecular weight excluding hydrogens is 395 g/mol. The van der Waals surface area contributed by atoms with Gasteiger partial charge < -0.3 is 15.5 Å². The number of benzene rings is 3. The number of nitrogens with one attached hydrogen (secondary N) is 1. The molecule has 0 spiro atoms. The molecule has 3 aromatic rings. The number of aliphatic hydroxyl groups is 1. The van der Waals surface area contributed by atoms with Crippen LogP contribution in [0.3, 0.4) is 0 Å². The Balaban J connectivity index is 0.000000220. The summed E-state index contributed by atoms with van der Waals surface area (Å²) in [7, 11) is 0. The molecule has 30 heavy (non-hydrogen) atoms. The summed E-state index contributed by atoms with van der Waals surface area (Å²) >= 11 is 0. The van der Waals surface area contributed by atoms with Crippen molar-refractivity contribution >= 4 is 16.7 Å². The van der Waals surface area contributed by atoms with E-state index in [1.807, 2.05) is 37.3 Å². The van der Waals surface area contributed by atoms with Crippen molar-refractivity contribution in [2.45, 2.75) is 25.6 Å². The zero-order chi connectivity index (χ0) is 22.1. The first kappa shape index (κ1) is 23.4. The van der Waals surface area contributed by atoms with Gasteiger partial charge in [0.05, 0.1) is 17.7 Å². The minimum atomic E-state index is -4.29. The molecule has 0 radical (unpaired) electrons. The normalized spacial score (nSPS) is 12.2. The van der Waals surface area contributed by atoms with E-state index >= 15 is 0 Å². The molecule has 0 aliphatic rings. The van der Waals surface area contributed by atoms with Gasteiger partial charge in [0.25, 0.3) is 0 Å². The maximum Gasteiger partial charge on any atom is 0.416 e. The van der Waals surface area contributed by atoms with Crippen LogP contribution >= 0.6 is 0 Å². The number of fused-ring (bicyclic) bond motifs is 1. The number of hydrogen-bond donors (Lipinski definition) is 3. The second-order valence-electron chi connectivity index (χ2n) is 6.85. The average molecular weight is 419 g/mol. The third kappa shape index (κ3) is 7.17. The van der Waals surface area contributed by atoms with E-state index < -0.39 is 17.7 Å². The first-order valence-electron chi connectivity index (χ1n) is 9.43. The summed E-state index contributed by atoms with van der Waals surface area (Å²) in [6.07, 6.45) is -3.79. The monoisotopic (exact) mass is 419 g/mol. The topological polar surface area (TPSA) is 69.6 Å². The Hall–Kier alpha value is -2.90. The molecule has 0 amide bonds. The van der Waals surface area contributed by atoms with E-state index in [0.29, 0.717) is 24.1 Å². The molecule has 0 aromatic heterocycles. The van der Waals surface area contributed by atoms with Gasteiger partial charge in [-0.25, -0.2) is 4.79 Å². The van der Waals surface area contributed by atoms with Crippen LogP contribution in [0, 0.1) is 0 Å². The van der Waals surface area contributed by atoms with Gasteiger partial charge in [0.1, 0.15) is 0 Å². The first-order valence-corrected chi connectivity index (χ1v) is 9.43. The quantitative estimate of drug-likeness (QED) is 0.539. The summed E-state index contributed by atoms with van der Waals surface area (Å²) in [4.78, 5) is 10.6. The van der Waals surface area contributed by atoms with Crippen LogP contribution in [0.5, 0.6) is 0 Å². The fourth-order valence-electron chi connectivity index (χ4n) is 2.93. The third-order valence-electron chi connectivity index (χ3n) is 4.40. The Morgan fingerprint density at radius 1 is 1.00 bits per heavy atom. The Labute approximate surface area is 173 Å². The van der Waals surface area contributed by atoms with Crippen LogP contribution in [-0.2, 0) is 12.6 Å². The lowest BCUT2D eigenvalue weighted by molar-refractivity contribution is -0.137. The number of carbonyl (C=O) groups is 1. The van der Waals surface area contributed by atoms with Gasteiger partial charge in [-0.05, 0) is 47.9 Å². The van der Waals surface area contributed by atoms with Gasteiger partial charge >= 0.3 is 12.1 Å². The standard InChI is InChI=1S/C12H16F3NO.C11H8O2/c1-9(16-5-6-17)7-10-3-2-4-11(8-10)12(13,14)15;12-11(13)10-6-5-8-3-1-2-4-9(8)7-10/h2-4,8-9,16-17H,5-7H2,1H3;1-7H,(H,12,13). The molecule has 3 N–H and O–H groups in total. The van der Waals surface area contributed by atoms with E-state index in [1.54, 1.807) is 18.2 Å². The molecule has 1 unspecified atom stereocenters. The summed E-state index contributed by atoms with van der Waals surface area (Å²) in [5, 5.41) is 22.4. The van der Waals surface area contributed by atoms with E-state index in [1.165, 1.54) is 6.07 Å². The van der Waals surface area contributed by atoms with Crippen molar-refractivity contribution in [3.05, 3.63) is 83.4 Å². The predicted octanol–water partition coefficient (Wildman–Crippen LogP) is 4.76. The molecule has 0 saturated carbocycles. The van der Waals surface area contributed by atoms with Crippen LogP contribution in [0.2, 0.25) is 0 Å². The van der Waals surface area contributed by atoms with E-state index in [-0.39, 0.29) is 12.6 Å². The number of carboxylic acid groups (broad SMARTS) is 1. The van der Waals surface area contributed by atoms with Gasteiger partial charge in [0.15, 0.2) is 0 Å². The molecule has 1 atom stereocenters. The van der Waals surface area contributed by atoms with Gasteiger partial charge in [-0.15, -0.1) is 0 Å². The fraction of sp³-hybridized carbons (Fsp3) is 0.261. The highest BCUT2D eigenvalue weighted by Gasteiger charge is 2.30. The summed E-state index contributed by atoms with van der Waals surface area (Å²) in [6.45, 7) is 2.34. The predicted molar refractivity (Wildman–Crippen MR) is 111 cm³/mol. The molecule has 0 fully saturated rings. The number of carboxylic acids is 1. The first-order chi connectivity index (χ1) is 14.2.